The molecule has 0 bridgehead atoms. The van der Waals surface area contributed by atoms with Crippen LogP contribution < -0.4 is 10.6 Å². The molecule has 0 aliphatic rings. The summed E-state index contributed by atoms with van der Waals surface area (Å²) in [5, 5.41) is 5.79. The minimum atomic E-state index is -0.679. The molecule has 2 aromatic rings. The van der Waals surface area contributed by atoms with Gasteiger partial charge in [0.25, 0.3) is 5.91 Å². The highest BCUT2D eigenvalue weighted by molar-refractivity contribution is 5.96. The second kappa shape index (κ2) is 9.65. The zero-order valence-corrected chi connectivity index (χ0v) is 15.5. The number of aromatic nitrogens is 2. The van der Waals surface area contributed by atoms with Gasteiger partial charge in [-0.25, -0.2) is 4.98 Å². The van der Waals surface area contributed by atoms with E-state index in [-0.39, 0.29) is 17.6 Å². The van der Waals surface area contributed by atoms with E-state index in [9.17, 15) is 9.59 Å². The van der Waals surface area contributed by atoms with Crippen molar-refractivity contribution in [3.05, 3.63) is 60.2 Å². The number of carbonyl (C=O) groups is 2. The standard InChI is InChI=1S/C20H26N4O2/c1-14(2)11-15(3)23-19(25)17(12-16-7-5-4-6-8-16)24-20(26)18-13-21-9-10-22-18/h4-10,13-15,17H,11-12H2,1-3H3,(H,23,25)(H,24,26)/t15-,17+/m1/s1. The van der Waals surface area contributed by atoms with Crippen LogP contribution in [0.25, 0.3) is 0 Å². The Kier molecular flexibility index (Phi) is 7.26. The van der Waals surface area contributed by atoms with E-state index in [0.717, 1.165) is 12.0 Å². The van der Waals surface area contributed by atoms with Crippen molar-refractivity contribution < 1.29 is 9.59 Å². The third kappa shape index (κ3) is 6.27. The van der Waals surface area contributed by atoms with E-state index >= 15 is 0 Å². The molecule has 138 valence electrons. The smallest absolute Gasteiger partial charge is 0.272 e. The predicted molar refractivity (Wildman–Crippen MR) is 100 cm³/mol. The molecule has 0 unspecified atom stereocenters. The van der Waals surface area contributed by atoms with E-state index in [4.69, 9.17) is 0 Å². The van der Waals surface area contributed by atoms with E-state index in [2.05, 4.69) is 34.4 Å². The van der Waals surface area contributed by atoms with Crippen LogP contribution in [-0.4, -0.2) is 33.9 Å². The van der Waals surface area contributed by atoms with Crippen LogP contribution in [0.2, 0.25) is 0 Å². The lowest BCUT2D eigenvalue weighted by molar-refractivity contribution is -0.123. The lowest BCUT2D eigenvalue weighted by atomic mass is 10.0. The topological polar surface area (TPSA) is 84.0 Å². The third-order valence-electron chi connectivity index (χ3n) is 3.91. The number of hydrogen-bond donors (Lipinski definition) is 2. The van der Waals surface area contributed by atoms with Crippen LogP contribution in [0.1, 0.15) is 43.2 Å². The molecule has 6 heteroatoms. The maximum atomic E-state index is 12.7. The van der Waals surface area contributed by atoms with Gasteiger partial charge in [0.05, 0.1) is 6.20 Å². The molecule has 0 spiro atoms. The first-order valence-electron chi connectivity index (χ1n) is 8.87. The van der Waals surface area contributed by atoms with Crippen LogP contribution in [0.3, 0.4) is 0 Å². The van der Waals surface area contributed by atoms with Crippen molar-refractivity contribution in [1.82, 2.24) is 20.6 Å². The van der Waals surface area contributed by atoms with Crippen molar-refractivity contribution in [2.24, 2.45) is 5.92 Å². The summed E-state index contributed by atoms with van der Waals surface area (Å²) in [6.07, 6.45) is 5.62. The van der Waals surface area contributed by atoms with Gasteiger partial charge in [-0.2, -0.15) is 0 Å². The molecule has 6 nitrogen and oxygen atoms in total. The predicted octanol–water partition coefficient (Wildman–Crippen LogP) is 2.37. The highest BCUT2D eigenvalue weighted by atomic mass is 16.2. The van der Waals surface area contributed by atoms with Gasteiger partial charge < -0.3 is 10.6 Å². The maximum Gasteiger partial charge on any atom is 0.272 e. The zero-order valence-electron chi connectivity index (χ0n) is 15.5. The fourth-order valence-corrected chi connectivity index (χ4v) is 2.82. The van der Waals surface area contributed by atoms with E-state index in [1.54, 1.807) is 0 Å². The van der Waals surface area contributed by atoms with Crippen molar-refractivity contribution in [3.63, 3.8) is 0 Å². The fraction of sp³-hybridized carbons (Fsp3) is 0.400. The van der Waals surface area contributed by atoms with Crippen molar-refractivity contribution >= 4 is 11.8 Å². The lowest BCUT2D eigenvalue weighted by Crippen LogP contribution is -2.50. The number of benzene rings is 1. The Morgan fingerprint density at radius 1 is 1.04 bits per heavy atom. The Balaban J connectivity index is 2.10. The molecule has 1 aromatic carbocycles. The normalized spacial score (nSPS) is 13.1. The molecule has 0 aliphatic carbocycles. The molecule has 1 aromatic heterocycles. The Bertz CT molecular complexity index is 704. The Hall–Kier alpha value is -2.76. The SMILES string of the molecule is CC(C)C[C@@H](C)NC(=O)[C@H](Cc1ccccc1)NC(=O)c1cnccn1. The average Bonchev–Trinajstić information content (AvgIpc) is 2.62. The van der Waals surface area contributed by atoms with Gasteiger partial charge in [0, 0.05) is 24.9 Å². The molecule has 2 amide bonds. The van der Waals surface area contributed by atoms with Gasteiger partial charge in [-0.3, -0.25) is 14.6 Å². The molecule has 0 aliphatic heterocycles. The fourth-order valence-electron chi connectivity index (χ4n) is 2.82. The first kappa shape index (κ1) is 19.6. The van der Waals surface area contributed by atoms with Gasteiger partial charge in [0.15, 0.2) is 0 Å². The highest BCUT2D eigenvalue weighted by Crippen LogP contribution is 2.07. The second-order valence-electron chi connectivity index (χ2n) is 6.85. The minimum absolute atomic E-state index is 0.0363. The zero-order chi connectivity index (χ0) is 18.9. The lowest BCUT2D eigenvalue weighted by Gasteiger charge is -2.22. The molecule has 1 heterocycles. The number of amides is 2. The van der Waals surface area contributed by atoms with Crippen LogP contribution in [-0.2, 0) is 11.2 Å². The number of carbonyl (C=O) groups excluding carboxylic acids is 2. The molecular weight excluding hydrogens is 328 g/mol. The summed E-state index contributed by atoms with van der Waals surface area (Å²) < 4.78 is 0. The van der Waals surface area contributed by atoms with Gasteiger partial charge in [-0.15, -0.1) is 0 Å². The molecule has 0 radical (unpaired) electrons. The van der Waals surface area contributed by atoms with Crippen LogP contribution in [0.5, 0.6) is 0 Å². The van der Waals surface area contributed by atoms with Gasteiger partial charge in [0.1, 0.15) is 11.7 Å². The first-order chi connectivity index (χ1) is 12.5. The summed E-state index contributed by atoms with van der Waals surface area (Å²) in [5.74, 6) is -0.128. The summed E-state index contributed by atoms with van der Waals surface area (Å²) in [4.78, 5) is 33.1. The molecule has 0 saturated carbocycles. The van der Waals surface area contributed by atoms with Gasteiger partial charge in [0.2, 0.25) is 5.91 Å². The largest absolute Gasteiger partial charge is 0.352 e. The van der Waals surface area contributed by atoms with Crippen LogP contribution in [0.4, 0.5) is 0 Å². The number of rotatable bonds is 8. The van der Waals surface area contributed by atoms with E-state index < -0.39 is 11.9 Å². The quantitative estimate of drug-likeness (QED) is 0.762. The van der Waals surface area contributed by atoms with E-state index in [1.165, 1.54) is 18.6 Å². The molecule has 2 rings (SSSR count). The molecular formula is C20H26N4O2. The van der Waals surface area contributed by atoms with Crippen LogP contribution in [0.15, 0.2) is 48.9 Å². The summed E-state index contributed by atoms with van der Waals surface area (Å²) in [6.45, 7) is 6.20. The average molecular weight is 354 g/mol. The molecule has 0 saturated heterocycles. The Labute approximate surface area is 154 Å². The van der Waals surface area contributed by atoms with Crippen LogP contribution in [0, 0.1) is 5.92 Å². The highest BCUT2D eigenvalue weighted by Gasteiger charge is 2.24. The molecule has 2 atom stereocenters. The van der Waals surface area contributed by atoms with E-state index in [0.29, 0.717) is 12.3 Å². The Morgan fingerprint density at radius 3 is 2.38 bits per heavy atom. The van der Waals surface area contributed by atoms with Crippen molar-refractivity contribution in [2.45, 2.75) is 45.7 Å². The maximum absolute atomic E-state index is 12.7. The van der Waals surface area contributed by atoms with E-state index in [1.807, 2.05) is 37.3 Å². The number of hydrogen-bond acceptors (Lipinski definition) is 4. The number of nitrogens with zero attached hydrogens (tertiary/aromatic N) is 2. The summed E-state index contributed by atoms with van der Waals surface area (Å²) in [7, 11) is 0. The second-order valence-corrected chi connectivity index (χ2v) is 6.85. The van der Waals surface area contributed by atoms with Gasteiger partial charge >= 0.3 is 0 Å². The third-order valence-corrected chi connectivity index (χ3v) is 3.91. The first-order valence-corrected chi connectivity index (χ1v) is 8.87. The molecule has 0 fully saturated rings. The molecule has 2 N–H and O–H groups in total. The summed E-state index contributed by atoms with van der Waals surface area (Å²) in [6, 6.07) is 8.97. The monoisotopic (exact) mass is 354 g/mol. The summed E-state index contributed by atoms with van der Waals surface area (Å²) >= 11 is 0. The minimum Gasteiger partial charge on any atom is -0.352 e. The van der Waals surface area contributed by atoms with Crippen molar-refractivity contribution in [3.8, 4) is 0 Å². The van der Waals surface area contributed by atoms with Gasteiger partial charge in [-0.1, -0.05) is 44.2 Å². The van der Waals surface area contributed by atoms with Crippen molar-refractivity contribution in [2.75, 3.05) is 0 Å². The Morgan fingerprint density at radius 2 is 1.77 bits per heavy atom. The number of nitrogens with one attached hydrogen (secondary N) is 2. The molecule has 26 heavy (non-hydrogen) atoms. The van der Waals surface area contributed by atoms with Crippen molar-refractivity contribution in [1.29, 1.82) is 0 Å². The van der Waals surface area contributed by atoms with Crippen LogP contribution >= 0.6 is 0 Å². The summed E-state index contributed by atoms with van der Waals surface area (Å²) in [5.41, 5.74) is 1.16. The van der Waals surface area contributed by atoms with Gasteiger partial charge in [-0.05, 0) is 24.8 Å².